The zero-order valence-electron chi connectivity index (χ0n) is 13.6. The van der Waals surface area contributed by atoms with Crippen LogP contribution in [0.5, 0.6) is 0 Å². The molecule has 0 aliphatic carbocycles. The lowest BCUT2D eigenvalue weighted by Gasteiger charge is -2.19. The number of carbonyl (C=O) groups excluding carboxylic acids is 2. The first kappa shape index (κ1) is 18.5. The van der Waals surface area contributed by atoms with E-state index in [2.05, 4.69) is 15.9 Å². The van der Waals surface area contributed by atoms with Gasteiger partial charge in [-0.2, -0.15) is 0 Å². The molecule has 1 saturated heterocycles. The summed E-state index contributed by atoms with van der Waals surface area (Å²) in [6.45, 7) is -0.233. The summed E-state index contributed by atoms with van der Waals surface area (Å²) in [6.07, 6.45) is -3.67. The monoisotopic (exact) mass is 422 g/mol. The second-order valence-electron chi connectivity index (χ2n) is 5.67. The molecular weight excluding hydrogens is 407 g/mol. The molecule has 0 aromatic heterocycles. The van der Waals surface area contributed by atoms with E-state index in [-0.39, 0.29) is 6.61 Å². The highest BCUT2D eigenvalue weighted by Gasteiger charge is 2.47. The van der Waals surface area contributed by atoms with Crippen LogP contribution in [0.25, 0.3) is 0 Å². The molecule has 26 heavy (non-hydrogen) atoms. The predicted molar refractivity (Wildman–Crippen MR) is 94.9 cm³/mol. The summed E-state index contributed by atoms with van der Waals surface area (Å²) in [7, 11) is 0. The Bertz CT molecular complexity index is 755. The van der Waals surface area contributed by atoms with Gasteiger partial charge >= 0.3 is 11.9 Å². The molecule has 2 aromatic rings. The fourth-order valence-corrected chi connectivity index (χ4v) is 3.11. The van der Waals surface area contributed by atoms with Gasteiger partial charge in [-0.15, -0.1) is 0 Å². The summed E-state index contributed by atoms with van der Waals surface area (Å²) in [5, 5.41) is -0.948. The van der Waals surface area contributed by atoms with E-state index < -0.39 is 35.3 Å². The van der Waals surface area contributed by atoms with Gasteiger partial charge in [-0.05, 0) is 24.3 Å². The highest BCUT2D eigenvalue weighted by Crippen LogP contribution is 2.31. The van der Waals surface area contributed by atoms with E-state index in [1.54, 1.807) is 60.7 Å². The Kier molecular flexibility index (Phi) is 6.00. The third kappa shape index (κ3) is 4.28. The zero-order chi connectivity index (χ0) is 18.5. The molecule has 3 rings (SSSR count). The molecule has 4 atom stereocenters. The molecule has 0 bridgehead atoms. The van der Waals surface area contributed by atoms with Crippen LogP contribution in [-0.4, -0.2) is 41.9 Å². The van der Waals surface area contributed by atoms with Gasteiger partial charge in [-0.3, -0.25) is 0 Å². The van der Waals surface area contributed by atoms with Crippen molar-refractivity contribution in [2.45, 2.75) is 23.4 Å². The van der Waals surface area contributed by atoms with Crippen LogP contribution in [0.15, 0.2) is 60.7 Å². The van der Waals surface area contributed by atoms with Crippen LogP contribution in [-0.2, 0) is 14.2 Å². The smallest absolute Gasteiger partial charge is 0.338 e. The molecule has 0 saturated carbocycles. The minimum Gasteiger partial charge on any atom is -0.459 e. The quantitative estimate of drug-likeness (QED) is 0.544. The SMILES string of the molecule is O=C(OC[C@@H]1O[C@@H](Br)C(F)C1OC(=O)c1ccccc1)c1ccccc1. The average molecular weight is 423 g/mol. The topological polar surface area (TPSA) is 61.8 Å². The summed E-state index contributed by atoms with van der Waals surface area (Å²) >= 11 is 3.05. The van der Waals surface area contributed by atoms with Crippen LogP contribution in [0.4, 0.5) is 4.39 Å². The van der Waals surface area contributed by atoms with Crippen LogP contribution in [0.3, 0.4) is 0 Å². The molecule has 2 aromatic carbocycles. The largest absolute Gasteiger partial charge is 0.459 e. The summed E-state index contributed by atoms with van der Waals surface area (Å²) in [4.78, 5) is 24.2. The Morgan fingerprint density at radius 1 is 0.962 bits per heavy atom. The number of alkyl halides is 2. The number of benzene rings is 2. The number of ether oxygens (including phenoxy) is 3. The second kappa shape index (κ2) is 8.42. The minimum atomic E-state index is -1.58. The van der Waals surface area contributed by atoms with E-state index >= 15 is 0 Å². The van der Waals surface area contributed by atoms with E-state index in [1.807, 2.05) is 0 Å². The fourth-order valence-electron chi connectivity index (χ4n) is 2.53. The van der Waals surface area contributed by atoms with Gasteiger partial charge in [-0.1, -0.05) is 52.3 Å². The molecule has 0 amide bonds. The normalized spacial score (nSPS) is 24.8. The number of hydrogen-bond donors (Lipinski definition) is 0. The van der Waals surface area contributed by atoms with Crippen molar-refractivity contribution in [2.75, 3.05) is 6.61 Å². The summed E-state index contributed by atoms with van der Waals surface area (Å²) in [5.41, 5.74) is 0.674. The molecule has 1 heterocycles. The lowest BCUT2D eigenvalue weighted by atomic mass is 10.1. The number of carbonyl (C=O) groups is 2. The first-order chi connectivity index (χ1) is 12.6. The Labute approximate surface area is 158 Å². The van der Waals surface area contributed by atoms with Gasteiger partial charge in [0, 0.05) is 0 Å². The molecule has 0 radical (unpaired) electrons. The van der Waals surface area contributed by atoms with E-state index in [9.17, 15) is 14.0 Å². The van der Waals surface area contributed by atoms with Gasteiger partial charge in [0.2, 0.25) is 0 Å². The molecule has 136 valence electrons. The number of hydrogen-bond acceptors (Lipinski definition) is 5. The third-order valence-electron chi connectivity index (χ3n) is 3.88. The summed E-state index contributed by atoms with van der Waals surface area (Å²) < 4.78 is 30.2. The minimum absolute atomic E-state index is 0.233. The fraction of sp³-hybridized carbons (Fsp3) is 0.263. The van der Waals surface area contributed by atoms with Crippen molar-refractivity contribution in [1.82, 2.24) is 0 Å². The van der Waals surface area contributed by atoms with Crippen LogP contribution < -0.4 is 0 Å². The lowest BCUT2D eigenvalue weighted by molar-refractivity contribution is -0.0342. The van der Waals surface area contributed by atoms with E-state index in [0.29, 0.717) is 11.1 Å². The van der Waals surface area contributed by atoms with E-state index in [1.165, 1.54) is 0 Å². The molecular formula is C19H16BrFO5. The highest BCUT2D eigenvalue weighted by atomic mass is 79.9. The molecule has 7 heteroatoms. The molecule has 1 aliphatic rings. The second-order valence-corrected chi connectivity index (χ2v) is 6.57. The van der Waals surface area contributed by atoms with Gasteiger partial charge in [-0.25, -0.2) is 14.0 Å². The van der Waals surface area contributed by atoms with Crippen LogP contribution in [0, 0.1) is 0 Å². The van der Waals surface area contributed by atoms with Crippen molar-refractivity contribution in [3.63, 3.8) is 0 Å². The van der Waals surface area contributed by atoms with Crippen molar-refractivity contribution in [1.29, 1.82) is 0 Å². The van der Waals surface area contributed by atoms with E-state index in [4.69, 9.17) is 14.2 Å². The van der Waals surface area contributed by atoms with Gasteiger partial charge in [0.1, 0.15) is 17.7 Å². The van der Waals surface area contributed by atoms with Crippen molar-refractivity contribution in [3.05, 3.63) is 71.8 Å². The Balaban J connectivity index is 1.63. The maximum Gasteiger partial charge on any atom is 0.338 e. The first-order valence-electron chi connectivity index (χ1n) is 7.98. The molecule has 0 N–H and O–H groups in total. The van der Waals surface area contributed by atoms with Gasteiger partial charge in [0.15, 0.2) is 12.3 Å². The van der Waals surface area contributed by atoms with Crippen molar-refractivity contribution in [3.8, 4) is 0 Å². The van der Waals surface area contributed by atoms with Gasteiger partial charge in [0.05, 0.1) is 11.1 Å². The molecule has 2 unspecified atom stereocenters. The predicted octanol–water partition coefficient (Wildman–Crippen LogP) is 3.53. The first-order valence-corrected chi connectivity index (χ1v) is 8.89. The van der Waals surface area contributed by atoms with Crippen molar-refractivity contribution in [2.24, 2.45) is 0 Å². The van der Waals surface area contributed by atoms with E-state index in [0.717, 1.165) is 0 Å². The van der Waals surface area contributed by atoms with Gasteiger partial charge in [0.25, 0.3) is 0 Å². The van der Waals surface area contributed by atoms with Crippen molar-refractivity contribution < 1.29 is 28.2 Å². The summed E-state index contributed by atoms with van der Waals surface area (Å²) in [5.74, 6) is -1.22. The lowest BCUT2D eigenvalue weighted by Crippen LogP contribution is -2.37. The highest BCUT2D eigenvalue weighted by molar-refractivity contribution is 9.09. The zero-order valence-corrected chi connectivity index (χ0v) is 15.2. The van der Waals surface area contributed by atoms with Gasteiger partial charge < -0.3 is 14.2 Å². The average Bonchev–Trinajstić information content (AvgIpc) is 2.95. The van der Waals surface area contributed by atoms with Crippen LogP contribution in [0.2, 0.25) is 0 Å². The molecule has 1 fully saturated rings. The van der Waals surface area contributed by atoms with Crippen LogP contribution in [0.1, 0.15) is 20.7 Å². The Morgan fingerprint density at radius 3 is 2.08 bits per heavy atom. The third-order valence-corrected chi connectivity index (χ3v) is 4.60. The molecule has 0 spiro atoms. The standard InChI is InChI=1S/C19H16BrFO5/c20-17-15(21)16(26-19(23)13-9-5-2-6-10-13)14(25-17)11-24-18(22)12-7-3-1-4-8-12/h1-10,14-17H,11H2/t14-,15?,16?,17+/m0/s1. The Hall–Kier alpha value is -2.25. The number of esters is 2. The van der Waals surface area contributed by atoms with Crippen LogP contribution >= 0.6 is 15.9 Å². The maximum atomic E-state index is 14.4. The summed E-state index contributed by atoms with van der Waals surface area (Å²) in [6, 6.07) is 16.7. The number of rotatable bonds is 5. The Morgan fingerprint density at radius 2 is 1.50 bits per heavy atom. The maximum absolute atomic E-state index is 14.4. The number of halogens is 2. The molecule has 1 aliphatic heterocycles. The molecule has 5 nitrogen and oxygen atoms in total. The van der Waals surface area contributed by atoms with Crippen molar-refractivity contribution >= 4 is 27.9 Å².